The molecular formula is C29H31NO8. The predicted octanol–water partition coefficient (Wildman–Crippen LogP) is 4.89. The molecule has 1 aliphatic heterocycles. The van der Waals surface area contributed by atoms with E-state index in [0.717, 1.165) is 11.1 Å². The van der Waals surface area contributed by atoms with Gasteiger partial charge < -0.3 is 33.7 Å². The van der Waals surface area contributed by atoms with Crippen molar-refractivity contribution >= 4 is 17.6 Å². The van der Waals surface area contributed by atoms with E-state index in [1.165, 1.54) is 33.5 Å². The number of benzene rings is 3. The number of rotatable bonds is 10. The molecule has 0 saturated carbocycles. The fourth-order valence-electron chi connectivity index (χ4n) is 4.76. The number of carboxylic acids is 1. The second-order valence-electron chi connectivity index (χ2n) is 8.52. The first-order valence-electron chi connectivity index (χ1n) is 12.2. The number of anilines is 1. The van der Waals surface area contributed by atoms with Crippen molar-refractivity contribution in [1.82, 2.24) is 0 Å². The zero-order valence-corrected chi connectivity index (χ0v) is 22.1. The standard InChI is InChI=1S/C29H31NO8/c1-6-37-22-12-18-15-26(31)30(20-10-8-9-17(11-20)29(32)33)27(21(18)16-23(22)38-7-2)19-13-24(34-3)28(36-5)25(14-19)35-4/h8-14,16,27H,6-7,15H2,1-5H3,(H,32,33)/t27-/m1/s1. The van der Waals surface area contributed by atoms with Gasteiger partial charge in [0.15, 0.2) is 23.0 Å². The number of fused-ring (bicyclic) bond motifs is 1. The van der Waals surface area contributed by atoms with E-state index in [2.05, 4.69) is 0 Å². The van der Waals surface area contributed by atoms with Crippen LogP contribution in [-0.2, 0) is 11.2 Å². The first-order valence-corrected chi connectivity index (χ1v) is 12.2. The van der Waals surface area contributed by atoms with Crippen LogP contribution in [0.15, 0.2) is 48.5 Å². The van der Waals surface area contributed by atoms with Crippen molar-refractivity contribution in [2.45, 2.75) is 26.3 Å². The summed E-state index contributed by atoms with van der Waals surface area (Å²) in [6.07, 6.45) is 0.0973. The number of amides is 1. The monoisotopic (exact) mass is 521 g/mol. The molecule has 4 rings (SSSR count). The van der Waals surface area contributed by atoms with Gasteiger partial charge >= 0.3 is 5.97 Å². The average Bonchev–Trinajstić information content (AvgIpc) is 2.92. The normalized spacial score (nSPS) is 14.5. The molecule has 1 heterocycles. The van der Waals surface area contributed by atoms with Crippen LogP contribution in [0.4, 0.5) is 5.69 Å². The topological polar surface area (TPSA) is 104 Å². The average molecular weight is 522 g/mol. The second-order valence-corrected chi connectivity index (χ2v) is 8.52. The zero-order valence-electron chi connectivity index (χ0n) is 22.1. The second kappa shape index (κ2) is 11.3. The number of aromatic carboxylic acids is 1. The minimum Gasteiger partial charge on any atom is -0.493 e. The Bertz CT molecular complexity index is 1330. The van der Waals surface area contributed by atoms with E-state index >= 15 is 0 Å². The van der Waals surface area contributed by atoms with Crippen molar-refractivity contribution in [2.75, 3.05) is 39.4 Å². The molecule has 0 fully saturated rings. The third-order valence-corrected chi connectivity index (χ3v) is 6.34. The Morgan fingerprint density at radius 1 is 0.895 bits per heavy atom. The van der Waals surface area contributed by atoms with E-state index in [1.807, 2.05) is 26.0 Å². The minimum absolute atomic E-state index is 0.0754. The summed E-state index contributed by atoms with van der Waals surface area (Å²) in [5.41, 5.74) is 2.80. The molecule has 0 unspecified atom stereocenters. The van der Waals surface area contributed by atoms with Crippen molar-refractivity contribution < 1.29 is 38.4 Å². The molecule has 3 aromatic carbocycles. The Morgan fingerprint density at radius 3 is 2.08 bits per heavy atom. The summed E-state index contributed by atoms with van der Waals surface area (Å²) in [6.45, 7) is 4.64. The molecule has 0 aliphatic carbocycles. The SMILES string of the molecule is CCOc1cc2c(cc1OCC)[C@@H](c1cc(OC)c(OC)c(OC)c1)N(c1cccc(C(=O)O)c1)C(=O)C2. The third kappa shape index (κ3) is 4.91. The third-order valence-electron chi connectivity index (χ3n) is 6.34. The molecule has 0 aromatic heterocycles. The summed E-state index contributed by atoms with van der Waals surface area (Å²) in [6, 6.07) is 13.0. The van der Waals surface area contributed by atoms with Crippen LogP contribution in [0.2, 0.25) is 0 Å². The summed E-state index contributed by atoms with van der Waals surface area (Å²) >= 11 is 0. The number of nitrogens with zero attached hydrogens (tertiary/aromatic N) is 1. The van der Waals surface area contributed by atoms with Gasteiger partial charge in [-0.05, 0) is 73.0 Å². The summed E-state index contributed by atoms with van der Waals surface area (Å²) in [5, 5.41) is 9.60. The van der Waals surface area contributed by atoms with Crippen LogP contribution in [0.1, 0.15) is 46.9 Å². The molecule has 0 bridgehead atoms. The number of ether oxygens (including phenoxy) is 5. The van der Waals surface area contributed by atoms with Crippen molar-refractivity contribution in [3.63, 3.8) is 0 Å². The van der Waals surface area contributed by atoms with Gasteiger partial charge in [0.1, 0.15) is 0 Å². The molecule has 0 radical (unpaired) electrons. The Hall–Kier alpha value is -4.40. The van der Waals surface area contributed by atoms with E-state index in [4.69, 9.17) is 23.7 Å². The molecule has 1 amide bonds. The van der Waals surface area contributed by atoms with E-state index in [0.29, 0.717) is 53.2 Å². The number of methoxy groups -OCH3 is 3. The van der Waals surface area contributed by atoms with Crippen LogP contribution in [0.25, 0.3) is 0 Å². The van der Waals surface area contributed by atoms with Gasteiger partial charge in [-0.1, -0.05) is 6.07 Å². The molecule has 0 saturated heterocycles. The van der Waals surface area contributed by atoms with Crippen molar-refractivity contribution in [3.8, 4) is 28.7 Å². The molecule has 1 aliphatic rings. The quantitative estimate of drug-likeness (QED) is 0.402. The van der Waals surface area contributed by atoms with E-state index in [-0.39, 0.29) is 17.9 Å². The van der Waals surface area contributed by atoms with Crippen LogP contribution in [0, 0.1) is 0 Å². The van der Waals surface area contributed by atoms with Gasteiger partial charge in [0.2, 0.25) is 11.7 Å². The molecule has 1 atom stereocenters. The van der Waals surface area contributed by atoms with Crippen molar-refractivity contribution in [2.24, 2.45) is 0 Å². The number of hydrogen-bond acceptors (Lipinski definition) is 7. The van der Waals surface area contributed by atoms with Crippen LogP contribution in [0.5, 0.6) is 28.7 Å². The molecule has 9 nitrogen and oxygen atoms in total. The number of carbonyl (C=O) groups is 2. The lowest BCUT2D eigenvalue weighted by Crippen LogP contribution is -2.41. The zero-order chi connectivity index (χ0) is 27.4. The fourth-order valence-corrected chi connectivity index (χ4v) is 4.76. The lowest BCUT2D eigenvalue weighted by atomic mass is 9.86. The first kappa shape index (κ1) is 26.7. The van der Waals surface area contributed by atoms with Gasteiger partial charge in [0.05, 0.1) is 52.6 Å². The van der Waals surface area contributed by atoms with Gasteiger partial charge in [0, 0.05) is 5.69 Å². The van der Waals surface area contributed by atoms with Gasteiger partial charge in [-0.3, -0.25) is 4.79 Å². The molecular weight excluding hydrogens is 490 g/mol. The maximum absolute atomic E-state index is 13.8. The van der Waals surface area contributed by atoms with Gasteiger partial charge in [-0.15, -0.1) is 0 Å². The number of carbonyl (C=O) groups excluding carboxylic acids is 1. The highest BCUT2D eigenvalue weighted by atomic mass is 16.5. The van der Waals surface area contributed by atoms with Crippen molar-refractivity contribution in [1.29, 1.82) is 0 Å². The van der Waals surface area contributed by atoms with Crippen LogP contribution in [0.3, 0.4) is 0 Å². The minimum atomic E-state index is -1.08. The summed E-state index contributed by atoms with van der Waals surface area (Å²) < 4.78 is 28.4. The first-order chi connectivity index (χ1) is 18.4. The van der Waals surface area contributed by atoms with E-state index in [1.54, 1.807) is 29.2 Å². The fraction of sp³-hybridized carbons (Fsp3) is 0.310. The smallest absolute Gasteiger partial charge is 0.335 e. The lowest BCUT2D eigenvalue weighted by Gasteiger charge is -2.38. The van der Waals surface area contributed by atoms with Crippen molar-refractivity contribution in [3.05, 3.63) is 70.8 Å². The molecule has 9 heteroatoms. The Kier molecular flexibility index (Phi) is 7.95. The molecule has 1 N–H and O–H groups in total. The maximum Gasteiger partial charge on any atom is 0.335 e. The molecule has 3 aromatic rings. The largest absolute Gasteiger partial charge is 0.493 e. The number of carboxylic acid groups (broad SMARTS) is 1. The summed E-state index contributed by atoms with van der Waals surface area (Å²) in [7, 11) is 4.57. The summed E-state index contributed by atoms with van der Waals surface area (Å²) in [4.78, 5) is 27.1. The Morgan fingerprint density at radius 2 is 1.53 bits per heavy atom. The van der Waals surface area contributed by atoms with E-state index in [9.17, 15) is 14.7 Å². The van der Waals surface area contributed by atoms with Gasteiger partial charge in [0.25, 0.3) is 0 Å². The van der Waals surface area contributed by atoms with Gasteiger partial charge in [-0.25, -0.2) is 4.79 Å². The Labute approximate surface area is 221 Å². The molecule has 200 valence electrons. The van der Waals surface area contributed by atoms with E-state index < -0.39 is 12.0 Å². The highest BCUT2D eigenvalue weighted by Gasteiger charge is 2.37. The molecule has 38 heavy (non-hydrogen) atoms. The maximum atomic E-state index is 13.8. The van der Waals surface area contributed by atoms with Crippen LogP contribution in [-0.4, -0.2) is 51.5 Å². The van der Waals surface area contributed by atoms with Crippen LogP contribution < -0.4 is 28.6 Å². The Balaban J connectivity index is 2.01. The van der Waals surface area contributed by atoms with Crippen LogP contribution >= 0.6 is 0 Å². The molecule has 0 spiro atoms. The highest BCUT2D eigenvalue weighted by molar-refractivity contribution is 6.00. The lowest BCUT2D eigenvalue weighted by molar-refractivity contribution is -0.118. The van der Waals surface area contributed by atoms with Gasteiger partial charge in [-0.2, -0.15) is 0 Å². The highest BCUT2D eigenvalue weighted by Crippen LogP contribution is 2.47. The number of hydrogen-bond donors (Lipinski definition) is 1. The summed E-state index contributed by atoms with van der Waals surface area (Å²) in [5.74, 6) is 1.10. The predicted molar refractivity (Wildman–Crippen MR) is 141 cm³/mol.